The van der Waals surface area contributed by atoms with Crippen molar-refractivity contribution in [2.45, 2.75) is 116 Å². The van der Waals surface area contributed by atoms with E-state index in [0.29, 0.717) is 45.2 Å². The fourth-order valence-corrected chi connectivity index (χ4v) is 14.3. The Hall–Kier alpha value is -3.76. The molecule has 2 aliphatic heterocycles. The first-order valence-electron chi connectivity index (χ1n) is 21.0. The third-order valence-electron chi connectivity index (χ3n) is 15.1. The summed E-state index contributed by atoms with van der Waals surface area (Å²) in [7, 11) is 0. The van der Waals surface area contributed by atoms with Gasteiger partial charge in [-0.05, 0) is 89.2 Å². The van der Waals surface area contributed by atoms with Crippen molar-refractivity contribution in [2.24, 2.45) is 57.3 Å². The Labute approximate surface area is 335 Å². The van der Waals surface area contributed by atoms with E-state index in [1.807, 2.05) is 12.1 Å². The number of aliphatic imine (C=N–C) groups is 2. The minimum Gasteiger partial charge on any atom is -0.482 e. The van der Waals surface area contributed by atoms with Crippen LogP contribution in [0.25, 0.3) is 20.9 Å². The Kier molecular flexibility index (Phi) is 7.82. The minimum absolute atomic E-state index is 0.0704. The first-order chi connectivity index (χ1) is 26.8. The van der Waals surface area contributed by atoms with Crippen molar-refractivity contribution in [3.05, 3.63) is 35.4 Å². The summed E-state index contributed by atoms with van der Waals surface area (Å²) in [4.78, 5) is 66.3. The Morgan fingerprint density at radius 2 is 0.839 bits per heavy atom. The average molecular weight is 789 g/mol. The number of hydrogen-bond donors (Lipinski definition) is 0. The fraction of sp³-hybridized carbons (Fsp3) is 0.565. The Balaban J connectivity index is 0.928. The van der Waals surface area contributed by atoms with E-state index >= 15 is 0 Å². The van der Waals surface area contributed by atoms with E-state index in [1.54, 1.807) is 0 Å². The molecular weight excluding hydrogens is 741 g/mol. The summed E-state index contributed by atoms with van der Waals surface area (Å²) in [6.07, 6.45) is 12.9. The van der Waals surface area contributed by atoms with E-state index in [9.17, 15) is 19.2 Å². The number of fused-ring (bicyclic) bond motifs is 10. The number of thiophene rings is 2. The minimum atomic E-state index is -0.688. The van der Waals surface area contributed by atoms with Gasteiger partial charge in [-0.15, -0.1) is 22.7 Å². The second kappa shape index (κ2) is 12.4. The van der Waals surface area contributed by atoms with E-state index in [2.05, 4.69) is 39.8 Å². The molecule has 8 aliphatic rings. The maximum Gasteiger partial charge on any atom is 0.188 e. The van der Waals surface area contributed by atoms with Gasteiger partial charge < -0.3 is 9.47 Å². The van der Waals surface area contributed by atoms with Crippen molar-refractivity contribution >= 4 is 67.2 Å². The summed E-state index contributed by atoms with van der Waals surface area (Å²) in [5, 5.41) is 1.22. The Morgan fingerprint density at radius 3 is 1.16 bits per heavy atom. The number of rotatable bonds is 2. The first-order valence-corrected chi connectivity index (χ1v) is 22.7. The van der Waals surface area contributed by atoms with Crippen molar-refractivity contribution in [3.63, 3.8) is 0 Å². The predicted octanol–water partition coefficient (Wildman–Crippen LogP) is 10.5. The van der Waals surface area contributed by atoms with E-state index in [1.165, 1.54) is 74.0 Å². The molecular formula is C46H48N2O6S2. The number of ketones is 4. The zero-order chi connectivity index (χ0) is 38.4. The lowest BCUT2D eigenvalue weighted by Gasteiger charge is -2.39. The lowest BCUT2D eigenvalue weighted by atomic mass is 9.64. The topological polar surface area (TPSA) is 111 Å². The summed E-state index contributed by atoms with van der Waals surface area (Å²) in [6, 6.07) is 8.18. The van der Waals surface area contributed by atoms with Crippen LogP contribution in [-0.2, 0) is 30.4 Å². The van der Waals surface area contributed by atoms with Gasteiger partial charge in [0.2, 0.25) is 0 Å². The fourth-order valence-electron chi connectivity index (χ4n) is 12.3. The maximum absolute atomic E-state index is 13.7. The summed E-state index contributed by atoms with van der Waals surface area (Å²) < 4.78 is 13.4. The van der Waals surface area contributed by atoms with Gasteiger partial charge in [-0.3, -0.25) is 19.2 Å². The average Bonchev–Trinajstić information content (AvgIpc) is 3.89. The van der Waals surface area contributed by atoms with Gasteiger partial charge in [0.1, 0.15) is 32.7 Å². The largest absolute Gasteiger partial charge is 0.482 e. The van der Waals surface area contributed by atoms with Crippen molar-refractivity contribution < 1.29 is 28.7 Å². The molecule has 3 aromatic rings. The number of benzene rings is 1. The van der Waals surface area contributed by atoms with Crippen LogP contribution in [0.2, 0.25) is 0 Å². The molecule has 2 aromatic heterocycles. The standard InChI is InChI=1S/C46H48N2O6S2/c1-45(2)31-17-30-32(18-29(31)43-33(53-45)19-35(55-43)47-37-39(49)25-13-21-9-5-6-10-22(21)14-26(25)40(37)50)46(3,4)54-34-20-36(56-44(30)34)48-38-41(51)27-15-23-11-7-8-12-24(23)16-28(27)42(38)52/h17-28H,5-16H2,1-4H3. The lowest BCUT2D eigenvalue weighted by molar-refractivity contribution is -0.123. The maximum atomic E-state index is 13.7. The van der Waals surface area contributed by atoms with Crippen molar-refractivity contribution in [1.29, 1.82) is 0 Å². The van der Waals surface area contributed by atoms with Gasteiger partial charge in [0.05, 0.1) is 9.75 Å². The summed E-state index contributed by atoms with van der Waals surface area (Å²) in [6.45, 7) is 8.23. The summed E-state index contributed by atoms with van der Waals surface area (Å²) in [5.74, 6) is 2.46. The van der Waals surface area contributed by atoms with E-state index in [4.69, 9.17) is 19.5 Å². The van der Waals surface area contributed by atoms with Crippen LogP contribution in [0.1, 0.15) is 116 Å². The van der Waals surface area contributed by atoms with Gasteiger partial charge in [0.15, 0.2) is 34.6 Å². The van der Waals surface area contributed by atoms with E-state index in [-0.39, 0.29) is 58.2 Å². The zero-order valence-electron chi connectivity index (χ0n) is 32.6. The van der Waals surface area contributed by atoms with Crippen molar-refractivity contribution in [3.8, 4) is 32.4 Å². The van der Waals surface area contributed by atoms with E-state index < -0.39 is 11.2 Å². The molecule has 0 amide bonds. The number of carbonyl (C=O) groups is 4. The molecule has 1 aromatic carbocycles. The number of Topliss-reactive ketones (excluding diaryl/α,β-unsaturated/α-hetero) is 4. The molecule has 0 bridgehead atoms. The molecule has 6 saturated carbocycles. The third kappa shape index (κ3) is 5.26. The van der Waals surface area contributed by atoms with Crippen LogP contribution in [0.3, 0.4) is 0 Å². The second-order valence-electron chi connectivity index (χ2n) is 19.1. The number of ether oxygens (including phenoxy) is 2. The highest BCUT2D eigenvalue weighted by atomic mass is 32.1. The van der Waals surface area contributed by atoms with Crippen molar-refractivity contribution in [1.82, 2.24) is 0 Å². The van der Waals surface area contributed by atoms with Crippen LogP contribution in [0.15, 0.2) is 34.3 Å². The number of carbonyl (C=O) groups excluding carboxylic acids is 4. The molecule has 10 heteroatoms. The van der Waals surface area contributed by atoms with Crippen LogP contribution in [0.5, 0.6) is 11.5 Å². The zero-order valence-corrected chi connectivity index (χ0v) is 34.2. The first kappa shape index (κ1) is 35.4. The molecule has 0 N–H and O–H groups in total. The normalized spacial score (nSPS) is 33.1. The van der Waals surface area contributed by atoms with E-state index in [0.717, 1.165) is 57.7 Å². The summed E-state index contributed by atoms with van der Waals surface area (Å²) >= 11 is 2.92. The Morgan fingerprint density at radius 1 is 0.518 bits per heavy atom. The van der Waals surface area contributed by atoms with Gasteiger partial charge in [0.25, 0.3) is 0 Å². The number of nitrogens with zero attached hydrogens (tertiary/aromatic N) is 2. The molecule has 0 spiro atoms. The molecule has 11 rings (SSSR count). The quantitative estimate of drug-likeness (QED) is 0.256. The molecule has 0 saturated heterocycles. The molecule has 6 aliphatic carbocycles. The molecule has 56 heavy (non-hydrogen) atoms. The van der Waals surface area contributed by atoms with Crippen LogP contribution >= 0.6 is 22.7 Å². The van der Waals surface area contributed by atoms with Gasteiger partial charge in [-0.2, -0.15) is 0 Å². The van der Waals surface area contributed by atoms with Gasteiger partial charge in [-0.25, -0.2) is 9.98 Å². The monoisotopic (exact) mass is 788 g/mol. The molecule has 8 atom stereocenters. The van der Waals surface area contributed by atoms with Gasteiger partial charge in [0, 0.05) is 58.1 Å². The van der Waals surface area contributed by atoms with Crippen LogP contribution in [0, 0.1) is 47.3 Å². The molecule has 290 valence electrons. The molecule has 4 heterocycles. The van der Waals surface area contributed by atoms with Gasteiger partial charge >= 0.3 is 0 Å². The smallest absolute Gasteiger partial charge is 0.188 e. The highest BCUT2D eigenvalue weighted by Gasteiger charge is 2.54. The van der Waals surface area contributed by atoms with Crippen molar-refractivity contribution in [2.75, 3.05) is 0 Å². The molecule has 8 unspecified atom stereocenters. The third-order valence-corrected chi connectivity index (χ3v) is 17.2. The van der Waals surface area contributed by atoms with Crippen LogP contribution in [-0.4, -0.2) is 34.6 Å². The lowest BCUT2D eigenvalue weighted by Crippen LogP contribution is -2.35. The Bertz CT molecular complexity index is 2110. The molecule has 6 fully saturated rings. The highest BCUT2D eigenvalue weighted by Crippen LogP contribution is 2.58. The number of hydrogen-bond acceptors (Lipinski definition) is 10. The second-order valence-corrected chi connectivity index (χ2v) is 21.1. The summed E-state index contributed by atoms with van der Waals surface area (Å²) in [5.41, 5.74) is 2.95. The highest BCUT2D eigenvalue weighted by molar-refractivity contribution is 7.20. The van der Waals surface area contributed by atoms with Crippen LogP contribution < -0.4 is 9.47 Å². The predicted molar refractivity (Wildman–Crippen MR) is 218 cm³/mol. The SMILES string of the molecule is CC1(C)Oc2cc(N=C3C(=O)C4CC5CCCCC5CC4C3=O)sc2-c2cc3c(cc21)-c1sc(N=C2C(=O)C4CC5CCCCC5CC4C2=O)cc1OC3(C)C. The van der Waals surface area contributed by atoms with Crippen LogP contribution in [0.4, 0.5) is 10.0 Å². The molecule has 0 radical (unpaired) electrons. The van der Waals surface area contributed by atoms with Gasteiger partial charge in [-0.1, -0.05) is 51.4 Å². The molecule has 8 nitrogen and oxygen atoms in total.